The van der Waals surface area contributed by atoms with Crippen molar-refractivity contribution in [3.63, 3.8) is 0 Å². The molecule has 8 heteroatoms. The monoisotopic (exact) mass is 497 g/mol. The number of fused-ring (bicyclic) bond motifs is 5. The zero-order chi connectivity index (χ0) is 24.9. The minimum Gasteiger partial charge on any atom is -0.393 e. The van der Waals surface area contributed by atoms with E-state index in [4.69, 9.17) is 4.55 Å². The zero-order valence-electron chi connectivity index (χ0n) is 21.0. The molecule has 7 nitrogen and oxygen atoms in total. The molecule has 3 N–H and O–H groups in total. The summed E-state index contributed by atoms with van der Waals surface area (Å²) in [6.07, 6.45) is 8.39. The summed E-state index contributed by atoms with van der Waals surface area (Å²) in [5.74, 6) is 2.24. The Morgan fingerprint density at radius 1 is 1.15 bits per heavy atom. The average molecular weight is 498 g/mol. The van der Waals surface area contributed by atoms with Gasteiger partial charge in [-0.05, 0) is 91.3 Å². The molecule has 4 aliphatic carbocycles. The second kappa shape index (κ2) is 9.47. The van der Waals surface area contributed by atoms with Crippen molar-refractivity contribution in [1.29, 1.82) is 0 Å². The van der Waals surface area contributed by atoms with Gasteiger partial charge in [0.2, 0.25) is 5.91 Å². The molecule has 0 radical (unpaired) electrons. The first-order valence-corrected chi connectivity index (χ1v) is 14.9. The van der Waals surface area contributed by atoms with Gasteiger partial charge in [-0.25, -0.2) is 0 Å². The Hall–Kier alpha value is -0.990. The van der Waals surface area contributed by atoms with Crippen LogP contribution in [0.5, 0.6) is 0 Å². The molecule has 194 valence electrons. The van der Waals surface area contributed by atoms with Gasteiger partial charge >= 0.3 is 0 Å². The highest BCUT2D eigenvalue weighted by Gasteiger charge is 2.62. The highest BCUT2D eigenvalue weighted by Crippen LogP contribution is 2.68. The van der Waals surface area contributed by atoms with Crippen molar-refractivity contribution in [2.75, 3.05) is 12.3 Å². The van der Waals surface area contributed by atoms with E-state index in [0.717, 1.165) is 44.9 Å². The molecule has 4 fully saturated rings. The highest BCUT2D eigenvalue weighted by molar-refractivity contribution is 7.85. The minimum absolute atomic E-state index is 0.0679. The normalized spacial score (nSPS) is 42.9. The third-order valence-electron chi connectivity index (χ3n) is 10.8. The van der Waals surface area contributed by atoms with E-state index in [-0.39, 0.29) is 29.4 Å². The van der Waals surface area contributed by atoms with E-state index in [1.807, 2.05) is 0 Å². The van der Waals surface area contributed by atoms with Crippen LogP contribution in [0.4, 0.5) is 0 Å². The zero-order valence-corrected chi connectivity index (χ0v) is 21.8. The molecular weight excluding hydrogens is 454 g/mol. The number of aliphatic hydroxyl groups is 1. The van der Waals surface area contributed by atoms with E-state index in [9.17, 15) is 23.1 Å². The molecule has 1 amide bonds. The Kier molecular flexibility index (Phi) is 7.27. The van der Waals surface area contributed by atoms with E-state index < -0.39 is 15.9 Å². The van der Waals surface area contributed by atoms with Crippen LogP contribution in [0.15, 0.2) is 0 Å². The number of carbonyl (C=O) groups excluding carboxylic acids is 2. The smallest absolute Gasteiger partial charge is 0.266 e. The van der Waals surface area contributed by atoms with Gasteiger partial charge in [0.1, 0.15) is 5.78 Å². The Morgan fingerprint density at radius 3 is 2.56 bits per heavy atom. The molecule has 0 heterocycles. The topological polar surface area (TPSA) is 121 Å². The number of carbonyl (C=O) groups is 2. The lowest BCUT2D eigenvalue weighted by molar-refractivity contribution is -0.168. The van der Waals surface area contributed by atoms with Crippen LogP contribution in [-0.2, 0) is 19.7 Å². The lowest BCUT2D eigenvalue weighted by Crippen LogP contribution is -2.58. The van der Waals surface area contributed by atoms with Crippen LogP contribution in [0, 0.1) is 46.3 Å². The third-order valence-corrected chi connectivity index (χ3v) is 11.5. The maximum Gasteiger partial charge on any atom is 0.266 e. The number of amides is 1. The first kappa shape index (κ1) is 26.1. The molecule has 34 heavy (non-hydrogen) atoms. The summed E-state index contributed by atoms with van der Waals surface area (Å²) in [7, 11) is -4.07. The van der Waals surface area contributed by atoms with Crippen molar-refractivity contribution < 1.29 is 27.7 Å². The first-order chi connectivity index (χ1) is 15.8. The molecule has 4 aliphatic rings. The van der Waals surface area contributed by atoms with Gasteiger partial charge in [0.15, 0.2) is 0 Å². The molecule has 0 aromatic carbocycles. The molecule has 0 saturated heterocycles. The fourth-order valence-electron chi connectivity index (χ4n) is 8.96. The SMILES string of the molecule is CC(CCC(=O)NCCS(=O)(=O)O)[C@H]1CC[C@H]2[C@@H]3[C@@H](O)C[C@@H]4CC(=O)CC[C@]4(C)[C@H]3CC[C@]12C. The third kappa shape index (κ3) is 4.83. The van der Waals surface area contributed by atoms with Gasteiger partial charge in [-0.3, -0.25) is 14.1 Å². The van der Waals surface area contributed by atoms with Gasteiger partial charge < -0.3 is 10.4 Å². The minimum atomic E-state index is -4.07. The van der Waals surface area contributed by atoms with Gasteiger partial charge in [0, 0.05) is 25.8 Å². The van der Waals surface area contributed by atoms with Crippen LogP contribution in [0.3, 0.4) is 0 Å². The van der Waals surface area contributed by atoms with E-state index in [0.29, 0.717) is 60.6 Å². The fraction of sp³-hybridized carbons (Fsp3) is 0.923. The van der Waals surface area contributed by atoms with Crippen LogP contribution in [0.2, 0.25) is 0 Å². The first-order valence-electron chi connectivity index (χ1n) is 13.3. The number of Topliss-reactive ketones (excluding diaryl/α,β-unsaturated/α-hetero) is 1. The molecule has 1 unspecified atom stereocenters. The summed E-state index contributed by atoms with van der Waals surface area (Å²) in [6, 6.07) is 0. The lowest BCUT2D eigenvalue weighted by atomic mass is 9.44. The largest absolute Gasteiger partial charge is 0.393 e. The Morgan fingerprint density at radius 2 is 1.85 bits per heavy atom. The number of rotatable bonds is 7. The Balaban J connectivity index is 1.39. The second-order valence-corrected chi connectivity index (χ2v) is 14.0. The summed E-state index contributed by atoms with van der Waals surface area (Å²) >= 11 is 0. The predicted octanol–water partition coefficient (Wildman–Crippen LogP) is 3.61. The second-order valence-electron chi connectivity index (χ2n) is 12.4. The van der Waals surface area contributed by atoms with Crippen LogP contribution < -0.4 is 5.32 Å². The molecule has 9 atom stereocenters. The molecule has 0 spiro atoms. The molecule has 4 rings (SSSR count). The fourth-order valence-corrected chi connectivity index (χ4v) is 9.32. The van der Waals surface area contributed by atoms with Gasteiger partial charge in [0.25, 0.3) is 10.1 Å². The maximum absolute atomic E-state index is 12.2. The Labute approximate surface area is 204 Å². The summed E-state index contributed by atoms with van der Waals surface area (Å²) < 4.78 is 30.5. The van der Waals surface area contributed by atoms with Gasteiger partial charge in [0.05, 0.1) is 11.9 Å². The van der Waals surface area contributed by atoms with Crippen molar-refractivity contribution in [3.8, 4) is 0 Å². The molecule has 0 aromatic heterocycles. The summed E-state index contributed by atoms with van der Waals surface area (Å²) in [6.45, 7) is 6.98. The highest BCUT2D eigenvalue weighted by atomic mass is 32.2. The maximum atomic E-state index is 12.2. The van der Waals surface area contributed by atoms with E-state index in [2.05, 4.69) is 26.1 Å². The van der Waals surface area contributed by atoms with Crippen molar-refractivity contribution in [1.82, 2.24) is 5.32 Å². The van der Waals surface area contributed by atoms with Crippen LogP contribution in [0.25, 0.3) is 0 Å². The average Bonchev–Trinajstić information content (AvgIpc) is 3.09. The van der Waals surface area contributed by atoms with Crippen LogP contribution >= 0.6 is 0 Å². The quantitative estimate of drug-likeness (QED) is 0.462. The van der Waals surface area contributed by atoms with Gasteiger partial charge in [-0.15, -0.1) is 0 Å². The summed E-state index contributed by atoms with van der Waals surface area (Å²) in [5, 5.41) is 13.9. The number of ketones is 1. The van der Waals surface area contributed by atoms with Crippen molar-refractivity contribution in [2.45, 2.75) is 91.1 Å². The summed E-state index contributed by atoms with van der Waals surface area (Å²) in [5.41, 5.74) is 0.333. The number of hydrogen-bond donors (Lipinski definition) is 3. The van der Waals surface area contributed by atoms with E-state index in [1.165, 1.54) is 0 Å². The van der Waals surface area contributed by atoms with Gasteiger partial charge in [-0.1, -0.05) is 20.8 Å². The lowest BCUT2D eigenvalue weighted by Gasteiger charge is -2.62. The van der Waals surface area contributed by atoms with E-state index in [1.54, 1.807) is 0 Å². The van der Waals surface area contributed by atoms with Crippen LogP contribution in [0.1, 0.15) is 85.0 Å². The number of aliphatic hydroxyl groups excluding tert-OH is 1. The van der Waals surface area contributed by atoms with Crippen molar-refractivity contribution >= 4 is 21.8 Å². The summed E-state index contributed by atoms with van der Waals surface area (Å²) in [4.78, 5) is 24.3. The van der Waals surface area contributed by atoms with E-state index >= 15 is 0 Å². The van der Waals surface area contributed by atoms with Crippen molar-refractivity contribution in [3.05, 3.63) is 0 Å². The number of nitrogens with one attached hydrogen (secondary N) is 1. The molecule has 0 bridgehead atoms. The van der Waals surface area contributed by atoms with Crippen LogP contribution in [-0.4, -0.2) is 48.2 Å². The number of hydrogen-bond acceptors (Lipinski definition) is 5. The standard InChI is InChI=1S/C26H43NO6S/c1-16(4-7-23(30)27-12-13-34(31,32)33)19-5-6-20-24-21(9-11-26(19,20)3)25(2)10-8-18(28)14-17(25)15-22(24)29/h16-17,19-22,24,29H,4-15H2,1-3H3,(H,27,30)(H,31,32,33)/t16?,17-,19+,20-,21-,22-,24-,25-,26+/m0/s1. The molecule has 4 saturated carbocycles. The van der Waals surface area contributed by atoms with Crippen molar-refractivity contribution in [2.24, 2.45) is 46.3 Å². The molecule has 0 aromatic rings. The van der Waals surface area contributed by atoms with Gasteiger partial charge in [-0.2, -0.15) is 8.42 Å². The molecular formula is C26H43NO6S. The Bertz CT molecular complexity index is 905. The molecule has 0 aliphatic heterocycles. The predicted molar refractivity (Wildman–Crippen MR) is 129 cm³/mol.